The summed E-state index contributed by atoms with van der Waals surface area (Å²) in [5.74, 6) is 0.327. The molecule has 2 aromatic carbocycles. The van der Waals surface area contributed by atoms with Gasteiger partial charge in [0.15, 0.2) is 0 Å². The van der Waals surface area contributed by atoms with E-state index in [1.807, 2.05) is 6.07 Å². The molecule has 0 radical (unpaired) electrons. The molecule has 6 rings (SSSR count). The van der Waals surface area contributed by atoms with Gasteiger partial charge in [-0.25, -0.2) is 0 Å². The average Bonchev–Trinajstić information content (AvgIpc) is 3.42. The van der Waals surface area contributed by atoms with Crippen LogP contribution >= 0.6 is 11.3 Å². The molecule has 138 valence electrons. The molecule has 4 aromatic rings. The number of hydrogen-bond acceptors (Lipinski definition) is 2. The molecule has 4 heterocycles. The minimum absolute atomic E-state index is 0.0502. The van der Waals surface area contributed by atoms with Gasteiger partial charge in [0.2, 0.25) is 5.54 Å². The fourth-order valence-electron chi connectivity index (χ4n) is 5.05. The highest BCUT2D eigenvalue weighted by atomic mass is 32.1. The predicted molar refractivity (Wildman–Crippen MR) is 112 cm³/mol. The fraction of sp³-hybridized carbons (Fsp3) is 0.174. The standard InChI is InChI=1S/C23H19N3OS/c1-13-6-4-8-16-20(13)26-22(27)23(16)21-19(14-7-2-3-9-17(14)25-21)15(12-24-23)18-10-5-11-28-18/h2-11,15,24-25H,12H2,1H3,(H,26,27)/p+1/t15-,23-/m1/s1. The Labute approximate surface area is 166 Å². The van der Waals surface area contributed by atoms with E-state index in [4.69, 9.17) is 0 Å². The molecule has 0 saturated carbocycles. The van der Waals surface area contributed by atoms with Crippen LogP contribution in [0.5, 0.6) is 0 Å². The van der Waals surface area contributed by atoms with Crippen molar-refractivity contribution in [3.05, 3.63) is 87.2 Å². The van der Waals surface area contributed by atoms with Crippen LogP contribution in [0, 0.1) is 6.92 Å². The van der Waals surface area contributed by atoms with Crippen LogP contribution in [0.4, 0.5) is 5.69 Å². The van der Waals surface area contributed by atoms with E-state index in [-0.39, 0.29) is 11.8 Å². The van der Waals surface area contributed by atoms with Crippen molar-refractivity contribution in [2.45, 2.75) is 18.4 Å². The third kappa shape index (κ3) is 1.90. The largest absolute Gasteiger partial charge is 0.352 e. The Balaban J connectivity index is 1.69. The first-order valence-electron chi connectivity index (χ1n) is 9.60. The molecule has 1 amide bonds. The van der Waals surface area contributed by atoms with Gasteiger partial charge in [-0.05, 0) is 36.1 Å². The molecule has 0 unspecified atom stereocenters. The molecule has 0 aliphatic carbocycles. The van der Waals surface area contributed by atoms with Crippen LogP contribution in [0.1, 0.15) is 33.2 Å². The molecule has 4 N–H and O–H groups in total. The lowest BCUT2D eigenvalue weighted by atomic mass is 9.77. The fourth-order valence-corrected chi connectivity index (χ4v) is 5.90. The number of hydrogen-bond donors (Lipinski definition) is 3. The minimum atomic E-state index is -0.747. The van der Waals surface area contributed by atoms with Crippen LogP contribution in [0.25, 0.3) is 10.9 Å². The molecule has 2 atom stereocenters. The zero-order valence-corrected chi connectivity index (χ0v) is 16.3. The Morgan fingerprint density at radius 1 is 1.11 bits per heavy atom. The molecule has 2 aliphatic heterocycles. The SMILES string of the molecule is Cc1cccc2c1NC(=O)[C@@]21[NH2+]C[C@H](c2cccs2)c2c1[nH]c1ccccc21. The first kappa shape index (κ1) is 16.1. The van der Waals surface area contributed by atoms with Gasteiger partial charge in [-0.3, -0.25) is 4.79 Å². The summed E-state index contributed by atoms with van der Waals surface area (Å²) in [7, 11) is 0. The molecule has 4 nitrogen and oxygen atoms in total. The number of aromatic nitrogens is 1. The Morgan fingerprint density at radius 2 is 2.00 bits per heavy atom. The molecule has 0 saturated heterocycles. The van der Waals surface area contributed by atoms with E-state index in [9.17, 15) is 4.79 Å². The summed E-state index contributed by atoms with van der Waals surface area (Å²) in [5, 5.41) is 8.76. The lowest BCUT2D eigenvalue weighted by molar-refractivity contribution is -0.715. The van der Waals surface area contributed by atoms with E-state index in [1.165, 1.54) is 15.8 Å². The second-order valence-electron chi connectivity index (χ2n) is 7.73. The Kier molecular flexibility index (Phi) is 3.20. The van der Waals surface area contributed by atoms with E-state index in [2.05, 4.69) is 76.5 Å². The van der Waals surface area contributed by atoms with Gasteiger partial charge in [0.1, 0.15) is 0 Å². The summed E-state index contributed by atoms with van der Waals surface area (Å²) in [6.07, 6.45) is 0. The van der Waals surface area contributed by atoms with Gasteiger partial charge in [-0.15, -0.1) is 11.3 Å². The number of carbonyl (C=O) groups excluding carboxylic acids is 1. The number of carbonyl (C=O) groups is 1. The van der Waals surface area contributed by atoms with E-state index in [1.54, 1.807) is 11.3 Å². The average molecular weight is 387 g/mol. The number of rotatable bonds is 1. The number of H-pyrrole nitrogens is 1. The Hall–Kier alpha value is -2.89. The maximum Gasteiger partial charge on any atom is 0.297 e. The van der Waals surface area contributed by atoms with Crippen LogP contribution in [-0.4, -0.2) is 17.4 Å². The van der Waals surface area contributed by atoms with E-state index in [0.29, 0.717) is 0 Å². The van der Waals surface area contributed by atoms with Crippen LogP contribution < -0.4 is 10.6 Å². The lowest BCUT2D eigenvalue weighted by Crippen LogP contribution is -2.99. The van der Waals surface area contributed by atoms with Crippen molar-refractivity contribution in [2.24, 2.45) is 0 Å². The highest BCUT2D eigenvalue weighted by Gasteiger charge is 2.58. The van der Waals surface area contributed by atoms with Crippen LogP contribution in [0.3, 0.4) is 0 Å². The maximum absolute atomic E-state index is 13.4. The normalized spacial score (nSPS) is 23.0. The molecule has 5 heteroatoms. The molecule has 2 aliphatic rings. The number of benzene rings is 2. The number of amides is 1. The quantitative estimate of drug-likeness (QED) is 0.461. The van der Waals surface area contributed by atoms with Gasteiger partial charge in [0.25, 0.3) is 5.91 Å². The number of anilines is 1. The van der Waals surface area contributed by atoms with Gasteiger partial charge < -0.3 is 15.6 Å². The topological polar surface area (TPSA) is 61.5 Å². The monoisotopic (exact) mass is 386 g/mol. The Morgan fingerprint density at radius 3 is 2.86 bits per heavy atom. The van der Waals surface area contributed by atoms with Crippen molar-refractivity contribution in [1.29, 1.82) is 0 Å². The van der Waals surface area contributed by atoms with Crippen LogP contribution in [0.2, 0.25) is 0 Å². The van der Waals surface area contributed by atoms with Crippen molar-refractivity contribution in [3.63, 3.8) is 0 Å². The first-order valence-corrected chi connectivity index (χ1v) is 10.5. The summed E-state index contributed by atoms with van der Waals surface area (Å²) in [5.41, 5.74) is 5.78. The third-order valence-corrected chi connectivity index (χ3v) is 7.32. The number of quaternary nitrogens is 1. The van der Waals surface area contributed by atoms with E-state index >= 15 is 0 Å². The van der Waals surface area contributed by atoms with Crippen molar-refractivity contribution in [1.82, 2.24) is 4.98 Å². The summed E-state index contributed by atoms with van der Waals surface area (Å²) in [6, 6.07) is 18.9. The summed E-state index contributed by atoms with van der Waals surface area (Å²) in [4.78, 5) is 18.4. The number of thiophene rings is 1. The molecule has 0 fully saturated rings. The molecule has 1 spiro atoms. The minimum Gasteiger partial charge on any atom is -0.352 e. The number of para-hydroxylation sites is 2. The molecular formula is C23H20N3OS+. The first-order chi connectivity index (χ1) is 13.7. The lowest BCUT2D eigenvalue weighted by Gasteiger charge is -2.33. The van der Waals surface area contributed by atoms with Gasteiger partial charge >= 0.3 is 0 Å². The second-order valence-corrected chi connectivity index (χ2v) is 8.71. The van der Waals surface area contributed by atoms with E-state index in [0.717, 1.165) is 34.6 Å². The van der Waals surface area contributed by atoms with Crippen LogP contribution in [0.15, 0.2) is 60.0 Å². The van der Waals surface area contributed by atoms with Crippen molar-refractivity contribution < 1.29 is 10.1 Å². The maximum atomic E-state index is 13.4. The zero-order chi connectivity index (χ0) is 18.9. The molecule has 2 aromatic heterocycles. The summed E-state index contributed by atoms with van der Waals surface area (Å²) in [6.45, 7) is 2.90. The van der Waals surface area contributed by atoms with Gasteiger partial charge in [-0.1, -0.05) is 36.4 Å². The molecular weight excluding hydrogens is 366 g/mol. The zero-order valence-electron chi connectivity index (χ0n) is 15.5. The smallest absolute Gasteiger partial charge is 0.297 e. The highest BCUT2D eigenvalue weighted by molar-refractivity contribution is 7.10. The Bertz CT molecular complexity index is 1240. The van der Waals surface area contributed by atoms with Crippen molar-refractivity contribution in [3.8, 4) is 0 Å². The van der Waals surface area contributed by atoms with E-state index < -0.39 is 5.54 Å². The second kappa shape index (κ2) is 5.56. The highest BCUT2D eigenvalue weighted by Crippen LogP contribution is 2.47. The third-order valence-electron chi connectivity index (χ3n) is 6.33. The number of nitrogens with one attached hydrogen (secondary N) is 2. The van der Waals surface area contributed by atoms with Crippen molar-refractivity contribution in [2.75, 3.05) is 11.9 Å². The van der Waals surface area contributed by atoms with Crippen molar-refractivity contribution >= 4 is 33.8 Å². The van der Waals surface area contributed by atoms with Gasteiger partial charge in [-0.2, -0.15) is 0 Å². The number of nitrogens with two attached hydrogens (primary N) is 1. The molecule has 0 bridgehead atoms. The number of aromatic amines is 1. The van der Waals surface area contributed by atoms with Gasteiger partial charge in [0, 0.05) is 21.3 Å². The predicted octanol–water partition coefficient (Wildman–Crippen LogP) is 3.44. The summed E-state index contributed by atoms with van der Waals surface area (Å²) >= 11 is 1.79. The molecule has 28 heavy (non-hydrogen) atoms. The number of fused-ring (bicyclic) bond motifs is 6. The number of aryl methyl sites for hydroxylation is 1. The van der Waals surface area contributed by atoms with Crippen LogP contribution in [-0.2, 0) is 10.3 Å². The van der Waals surface area contributed by atoms with Gasteiger partial charge in [0.05, 0.1) is 29.4 Å². The summed E-state index contributed by atoms with van der Waals surface area (Å²) < 4.78 is 0.